The average Bonchev–Trinajstić information content (AvgIpc) is 2.35. The van der Waals surface area contributed by atoms with Crippen LogP contribution in [0.4, 0.5) is 0 Å². The zero-order valence-electron chi connectivity index (χ0n) is 13.3. The van der Waals surface area contributed by atoms with Crippen LogP contribution in [-0.4, -0.2) is 11.1 Å². The summed E-state index contributed by atoms with van der Waals surface area (Å²) < 4.78 is 0. The lowest BCUT2D eigenvalue weighted by atomic mass is 9.72. The highest BCUT2D eigenvalue weighted by atomic mass is 16.4. The number of carboxylic acid groups (broad SMARTS) is 1. The zero-order valence-corrected chi connectivity index (χ0v) is 13.3. The summed E-state index contributed by atoms with van der Waals surface area (Å²) in [7, 11) is 0. The molecule has 0 spiro atoms. The van der Waals surface area contributed by atoms with Crippen LogP contribution < -0.4 is 0 Å². The van der Waals surface area contributed by atoms with Gasteiger partial charge < -0.3 is 5.11 Å². The molecule has 0 fully saturated rings. The lowest BCUT2D eigenvalue weighted by Crippen LogP contribution is -2.19. The fourth-order valence-electron chi connectivity index (χ4n) is 2.87. The van der Waals surface area contributed by atoms with Gasteiger partial charge in [-0.25, -0.2) is 4.79 Å². The zero-order chi connectivity index (χ0) is 15.2. The van der Waals surface area contributed by atoms with E-state index in [-0.39, 0.29) is 5.41 Å². The Morgan fingerprint density at radius 3 is 2.65 bits per heavy atom. The average molecular weight is 276 g/mol. The van der Waals surface area contributed by atoms with E-state index in [1.807, 2.05) is 12.2 Å². The Labute approximate surface area is 123 Å². The van der Waals surface area contributed by atoms with Crippen molar-refractivity contribution < 1.29 is 9.90 Å². The molecular weight excluding hydrogens is 248 g/mol. The van der Waals surface area contributed by atoms with Gasteiger partial charge in [0, 0.05) is 0 Å². The number of hydrogen-bond acceptors (Lipinski definition) is 1. The van der Waals surface area contributed by atoms with Crippen molar-refractivity contribution in [3.05, 3.63) is 34.9 Å². The van der Waals surface area contributed by atoms with Crippen LogP contribution in [0, 0.1) is 5.41 Å². The lowest BCUT2D eigenvalue weighted by Gasteiger charge is -2.32. The van der Waals surface area contributed by atoms with Crippen LogP contribution in [0.2, 0.25) is 0 Å². The monoisotopic (exact) mass is 276 g/mol. The Hall–Kier alpha value is -1.31. The summed E-state index contributed by atoms with van der Waals surface area (Å²) in [4.78, 5) is 11.3. The van der Waals surface area contributed by atoms with Crippen LogP contribution >= 0.6 is 0 Å². The second-order valence-electron chi connectivity index (χ2n) is 6.37. The van der Waals surface area contributed by atoms with E-state index in [2.05, 4.69) is 27.7 Å². The molecule has 2 heteroatoms. The number of rotatable bonds is 6. The normalized spacial score (nSPS) is 19.7. The molecule has 0 aromatic rings. The van der Waals surface area contributed by atoms with Crippen molar-refractivity contribution in [3.8, 4) is 0 Å². The number of carbonyl (C=O) groups is 1. The minimum absolute atomic E-state index is 0.159. The molecule has 0 aliphatic heterocycles. The van der Waals surface area contributed by atoms with E-state index in [9.17, 15) is 9.90 Å². The van der Waals surface area contributed by atoms with Crippen LogP contribution in [0.1, 0.15) is 66.2 Å². The van der Waals surface area contributed by atoms with E-state index in [1.165, 1.54) is 24.0 Å². The molecule has 0 aromatic carbocycles. The van der Waals surface area contributed by atoms with Crippen molar-refractivity contribution in [2.75, 3.05) is 0 Å². The minimum Gasteiger partial charge on any atom is -0.478 e. The Morgan fingerprint density at radius 2 is 2.10 bits per heavy atom. The fourth-order valence-corrected chi connectivity index (χ4v) is 2.87. The molecule has 0 unspecified atom stereocenters. The summed E-state index contributed by atoms with van der Waals surface area (Å²) in [5, 5.41) is 9.26. The molecule has 0 bridgehead atoms. The summed E-state index contributed by atoms with van der Waals surface area (Å²) in [5.41, 5.74) is 3.29. The number of unbranched alkanes of at least 4 members (excludes halogenated alkanes) is 2. The maximum Gasteiger partial charge on any atom is 0.335 e. The molecule has 0 aromatic heterocycles. The van der Waals surface area contributed by atoms with Gasteiger partial charge in [-0.1, -0.05) is 51.3 Å². The van der Waals surface area contributed by atoms with Crippen molar-refractivity contribution in [1.29, 1.82) is 0 Å². The van der Waals surface area contributed by atoms with E-state index in [0.717, 1.165) is 25.7 Å². The fraction of sp³-hybridized carbons (Fsp3) is 0.611. The number of carboxylic acids is 1. The number of allylic oxidation sites excluding steroid dienone is 4. The van der Waals surface area contributed by atoms with Crippen molar-refractivity contribution in [2.24, 2.45) is 5.41 Å². The second-order valence-corrected chi connectivity index (χ2v) is 6.37. The Bertz CT molecular complexity index is 436. The molecule has 1 rings (SSSR count). The SMILES string of the molecule is CCCC/C=C(/C=C/C1=C(C)CCCC1(C)C)C(=O)O. The minimum atomic E-state index is -0.829. The molecule has 1 N–H and O–H groups in total. The van der Waals surface area contributed by atoms with Gasteiger partial charge in [-0.2, -0.15) is 0 Å². The Morgan fingerprint density at radius 1 is 1.40 bits per heavy atom. The van der Waals surface area contributed by atoms with Gasteiger partial charge in [0.2, 0.25) is 0 Å². The van der Waals surface area contributed by atoms with Gasteiger partial charge >= 0.3 is 5.97 Å². The molecule has 0 heterocycles. The topological polar surface area (TPSA) is 37.3 Å². The summed E-state index contributed by atoms with van der Waals surface area (Å²) in [6.07, 6.45) is 12.1. The summed E-state index contributed by atoms with van der Waals surface area (Å²) in [5.74, 6) is -0.829. The highest BCUT2D eigenvalue weighted by molar-refractivity contribution is 5.89. The van der Waals surface area contributed by atoms with Gasteiger partial charge in [0.15, 0.2) is 0 Å². The maximum absolute atomic E-state index is 11.3. The second kappa shape index (κ2) is 7.47. The predicted molar refractivity (Wildman–Crippen MR) is 84.7 cm³/mol. The lowest BCUT2D eigenvalue weighted by molar-refractivity contribution is -0.132. The highest BCUT2D eigenvalue weighted by Gasteiger charge is 2.26. The quantitative estimate of drug-likeness (QED) is 0.407. The van der Waals surface area contributed by atoms with Crippen molar-refractivity contribution in [3.63, 3.8) is 0 Å². The van der Waals surface area contributed by atoms with Crippen LogP contribution in [0.3, 0.4) is 0 Å². The van der Waals surface area contributed by atoms with Crippen LogP contribution in [0.15, 0.2) is 34.9 Å². The summed E-state index contributed by atoms with van der Waals surface area (Å²) in [6, 6.07) is 0. The standard InChI is InChI=1S/C18H28O2/c1-5-6-7-10-15(17(19)20)11-12-16-14(2)9-8-13-18(16,3)4/h10-12H,5-9,13H2,1-4H3,(H,19,20)/b12-11+,15-10-. The first-order valence-electron chi connectivity index (χ1n) is 7.70. The Kier molecular flexibility index (Phi) is 6.25. The third-order valence-electron chi connectivity index (χ3n) is 4.14. The molecule has 112 valence electrons. The third kappa shape index (κ3) is 4.66. The van der Waals surface area contributed by atoms with E-state index in [1.54, 1.807) is 6.08 Å². The molecule has 20 heavy (non-hydrogen) atoms. The highest BCUT2D eigenvalue weighted by Crippen LogP contribution is 2.40. The van der Waals surface area contributed by atoms with Gasteiger partial charge in [0.1, 0.15) is 0 Å². The number of hydrogen-bond donors (Lipinski definition) is 1. The summed E-state index contributed by atoms with van der Waals surface area (Å²) in [6.45, 7) is 8.78. The largest absolute Gasteiger partial charge is 0.478 e. The maximum atomic E-state index is 11.3. The van der Waals surface area contributed by atoms with Crippen LogP contribution in [-0.2, 0) is 4.79 Å². The van der Waals surface area contributed by atoms with E-state index in [4.69, 9.17) is 0 Å². The molecule has 2 nitrogen and oxygen atoms in total. The molecule has 0 saturated heterocycles. The predicted octanol–water partition coefficient (Wildman–Crippen LogP) is 5.27. The molecule has 0 saturated carbocycles. The van der Waals surface area contributed by atoms with Gasteiger partial charge in [0.05, 0.1) is 5.57 Å². The molecule has 1 aliphatic rings. The first-order chi connectivity index (χ1) is 9.38. The van der Waals surface area contributed by atoms with Gasteiger partial charge in [-0.05, 0) is 49.7 Å². The van der Waals surface area contributed by atoms with Crippen LogP contribution in [0.25, 0.3) is 0 Å². The third-order valence-corrected chi connectivity index (χ3v) is 4.14. The number of aliphatic carboxylic acids is 1. The van der Waals surface area contributed by atoms with Crippen LogP contribution in [0.5, 0.6) is 0 Å². The first-order valence-corrected chi connectivity index (χ1v) is 7.70. The molecule has 0 radical (unpaired) electrons. The molecular formula is C18H28O2. The molecule has 0 amide bonds. The van der Waals surface area contributed by atoms with E-state index in [0.29, 0.717) is 5.57 Å². The smallest absolute Gasteiger partial charge is 0.335 e. The van der Waals surface area contributed by atoms with Gasteiger partial charge in [-0.15, -0.1) is 0 Å². The van der Waals surface area contributed by atoms with Gasteiger partial charge in [0.25, 0.3) is 0 Å². The van der Waals surface area contributed by atoms with E-state index < -0.39 is 5.97 Å². The molecule has 1 aliphatic carbocycles. The van der Waals surface area contributed by atoms with Crippen molar-refractivity contribution in [1.82, 2.24) is 0 Å². The van der Waals surface area contributed by atoms with E-state index >= 15 is 0 Å². The van der Waals surface area contributed by atoms with Crippen molar-refractivity contribution in [2.45, 2.75) is 66.2 Å². The summed E-state index contributed by atoms with van der Waals surface area (Å²) >= 11 is 0. The first kappa shape index (κ1) is 16.7. The Balaban J connectivity index is 2.92. The van der Waals surface area contributed by atoms with Gasteiger partial charge in [-0.3, -0.25) is 0 Å². The van der Waals surface area contributed by atoms with Crippen molar-refractivity contribution >= 4 is 5.97 Å². The molecule has 0 atom stereocenters.